The standard InChI is InChI=1S/C11H19N3O/c1-9(15)7-14(3)8-11-6-10(12-2)4-5-13-11/h4-6,9,15H,7-8H2,1-3H3,(H,12,13). The van der Waals surface area contributed by atoms with Crippen molar-refractivity contribution < 1.29 is 5.11 Å². The second kappa shape index (κ2) is 5.68. The molecular formula is C11H19N3O. The van der Waals surface area contributed by atoms with Gasteiger partial charge in [0.15, 0.2) is 0 Å². The number of hydrogen-bond donors (Lipinski definition) is 2. The van der Waals surface area contributed by atoms with Crippen LogP contribution < -0.4 is 5.32 Å². The van der Waals surface area contributed by atoms with Crippen LogP contribution in [0.15, 0.2) is 18.3 Å². The van der Waals surface area contributed by atoms with Crippen molar-refractivity contribution in [1.82, 2.24) is 9.88 Å². The van der Waals surface area contributed by atoms with Crippen molar-refractivity contribution in [2.45, 2.75) is 19.6 Å². The first-order valence-corrected chi connectivity index (χ1v) is 5.11. The molecule has 1 heterocycles. The Bertz CT molecular complexity index is 302. The van der Waals surface area contributed by atoms with E-state index in [0.717, 1.165) is 17.9 Å². The van der Waals surface area contributed by atoms with Crippen molar-refractivity contribution in [3.8, 4) is 0 Å². The first kappa shape index (κ1) is 11.9. The van der Waals surface area contributed by atoms with Crippen LogP contribution in [0.4, 0.5) is 5.69 Å². The normalized spacial score (nSPS) is 12.9. The van der Waals surface area contributed by atoms with E-state index < -0.39 is 0 Å². The highest BCUT2D eigenvalue weighted by Gasteiger charge is 2.04. The Labute approximate surface area is 90.9 Å². The van der Waals surface area contributed by atoms with Crippen LogP contribution in [0.5, 0.6) is 0 Å². The van der Waals surface area contributed by atoms with Gasteiger partial charge in [0.2, 0.25) is 0 Å². The molecule has 0 aliphatic carbocycles. The fourth-order valence-corrected chi connectivity index (χ4v) is 1.51. The van der Waals surface area contributed by atoms with Crippen molar-refractivity contribution >= 4 is 5.69 Å². The Morgan fingerprint density at radius 1 is 1.60 bits per heavy atom. The Hall–Kier alpha value is -1.13. The van der Waals surface area contributed by atoms with Crippen LogP contribution in [0.3, 0.4) is 0 Å². The zero-order valence-electron chi connectivity index (χ0n) is 9.57. The lowest BCUT2D eigenvalue weighted by molar-refractivity contribution is 0.138. The molecule has 0 spiro atoms. The summed E-state index contributed by atoms with van der Waals surface area (Å²) in [4.78, 5) is 6.32. The number of pyridine rings is 1. The van der Waals surface area contributed by atoms with Gasteiger partial charge in [0.25, 0.3) is 0 Å². The molecule has 0 saturated carbocycles. The maximum absolute atomic E-state index is 9.23. The fourth-order valence-electron chi connectivity index (χ4n) is 1.51. The van der Waals surface area contributed by atoms with Crippen molar-refractivity contribution in [3.63, 3.8) is 0 Å². The van der Waals surface area contributed by atoms with Gasteiger partial charge in [-0.05, 0) is 26.1 Å². The summed E-state index contributed by atoms with van der Waals surface area (Å²) in [6, 6.07) is 3.94. The number of aliphatic hydroxyl groups excluding tert-OH is 1. The van der Waals surface area contributed by atoms with Crippen LogP contribution in [0.25, 0.3) is 0 Å². The van der Waals surface area contributed by atoms with E-state index in [-0.39, 0.29) is 6.10 Å². The third kappa shape index (κ3) is 4.27. The van der Waals surface area contributed by atoms with Crippen molar-refractivity contribution in [2.75, 3.05) is 26.0 Å². The van der Waals surface area contributed by atoms with Gasteiger partial charge in [-0.25, -0.2) is 0 Å². The van der Waals surface area contributed by atoms with Crippen LogP contribution in [-0.2, 0) is 6.54 Å². The van der Waals surface area contributed by atoms with Gasteiger partial charge in [0, 0.05) is 32.0 Å². The van der Waals surface area contributed by atoms with Crippen molar-refractivity contribution in [1.29, 1.82) is 0 Å². The van der Waals surface area contributed by atoms with Gasteiger partial charge in [0.05, 0.1) is 11.8 Å². The van der Waals surface area contributed by atoms with Gasteiger partial charge in [-0.3, -0.25) is 9.88 Å². The number of rotatable bonds is 5. The summed E-state index contributed by atoms with van der Waals surface area (Å²) >= 11 is 0. The maximum Gasteiger partial charge on any atom is 0.0639 e. The number of likely N-dealkylation sites (N-methyl/N-ethyl adjacent to an activating group) is 1. The molecule has 0 fully saturated rings. The number of nitrogens with one attached hydrogen (secondary N) is 1. The summed E-state index contributed by atoms with van der Waals surface area (Å²) in [7, 11) is 3.86. The predicted octanol–water partition coefficient (Wildman–Crippen LogP) is 0.936. The lowest BCUT2D eigenvalue weighted by atomic mass is 10.3. The number of hydrogen-bond acceptors (Lipinski definition) is 4. The monoisotopic (exact) mass is 209 g/mol. The van der Waals surface area contributed by atoms with E-state index in [1.807, 2.05) is 31.1 Å². The van der Waals surface area contributed by atoms with Crippen LogP contribution in [0, 0.1) is 0 Å². The molecule has 0 radical (unpaired) electrons. The average molecular weight is 209 g/mol. The number of nitrogens with zero attached hydrogens (tertiary/aromatic N) is 2. The SMILES string of the molecule is CNc1ccnc(CN(C)CC(C)O)c1. The van der Waals surface area contributed by atoms with Gasteiger partial charge in [-0.2, -0.15) is 0 Å². The highest BCUT2D eigenvalue weighted by atomic mass is 16.3. The summed E-state index contributed by atoms with van der Waals surface area (Å²) in [5, 5.41) is 12.3. The molecule has 4 nitrogen and oxygen atoms in total. The molecule has 0 bridgehead atoms. The Kier molecular flexibility index (Phi) is 4.52. The summed E-state index contributed by atoms with van der Waals surface area (Å²) in [6.45, 7) is 3.19. The molecule has 4 heteroatoms. The Morgan fingerprint density at radius 3 is 2.93 bits per heavy atom. The van der Waals surface area contributed by atoms with Gasteiger partial charge in [0.1, 0.15) is 0 Å². The van der Waals surface area contributed by atoms with E-state index >= 15 is 0 Å². The molecule has 84 valence electrons. The second-order valence-electron chi connectivity index (χ2n) is 3.83. The van der Waals surface area contributed by atoms with Gasteiger partial charge < -0.3 is 10.4 Å². The minimum atomic E-state index is -0.303. The number of aliphatic hydroxyl groups is 1. The largest absolute Gasteiger partial charge is 0.392 e. The van der Waals surface area contributed by atoms with E-state index in [9.17, 15) is 5.11 Å². The third-order valence-corrected chi connectivity index (χ3v) is 2.11. The van der Waals surface area contributed by atoms with Crippen molar-refractivity contribution in [2.24, 2.45) is 0 Å². The van der Waals surface area contributed by atoms with E-state index in [1.54, 1.807) is 13.1 Å². The quantitative estimate of drug-likeness (QED) is 0.757. The molecular weight excluding hydrogens is 190 g/mol. The van der Waals surface area contributed by atoms with Crippen LogP contribution in [0.1, 0.15) is 12.6 Å². The number of anilines is 1. The Morgan fingerprint density at radius 2 is 2.33 bits per heavy atom. The smallest absolute Gasteiger partial charge is 0.0639 e. The zero-order valence-corrected chi connectivity index (χ0v) is 9.57. The first-order valence-electron chi connectivity index (χ1n) is 5.11. The van der Waals surface area contributed by atoms with Gasteiger partial charge in [-0.15, -0.1) is 0 Å². The van der Waals surface area contributed by atoms with Crippen LogP contribution in [0.2, 0.25) is 0 Å². The highest BCUT2D eigenvalue weighted by molar-refractivity contribution is 5.42. The lowest BCUT2D eigenvalue weighted by Gasteiger charge is -2.17. The molecule has 1 aromatic heterocycles. The molecule has 0 saturated heterocycles. The molecule has 0 aromatic carbocycles. The molecule has 1 unspecified atom stereocenters. The van der Waals surface area contributed by atoms with Gasteiger partial charge in [-0.1, -0.05) is 0 Å². The Balaban J connectivity index is 2.55. The van der Waals surface area contributed by atoms with E-state index in [2.05, 4.69) is 10.3 Å². The summed E-state index contributed by atoms with van der Waals surface area (Å²) in [6.07, 6.45) is 1.49. The minimum absolute atomic E-state index is 0.303. The summed E-state index contributed by atoms with van der Waals surface area (Å²) in [5.74, 6) is 0. The van der Waals surface area contributed by atoms with E-state index in [1.165, 1.54) is 0 Å². The molecule has 1 rings (SSSR count). The first-order chi connectivity index (χ1) is 7.11. The minimum Gasteiger partial charge on any atom is -0.392 e. The third-order valence-electron chi connectivity index (χ3n) is 2.11. The number of aromatic nitrogens is 1. The molecule has 0 aliphatic heterocycles. The molecule has 2 N–H and O–H groups in total. The second-order valence-corrected chi connectivity index (χ2v) is 3.83. The lowest BCUT2D eigenvalue weighted by Crippen LogP contribution is -2.27. The van der Waals surface area contributed by atoms with Crippen LogP contribution >= 0.6 is 0 Å². The topological polar surface area (TPSA) is 48.4 Å². The fraction of sp³-hybridized carbons (Fsp3) is 0.545. The molecule has 1 atom stereocenters. The van der Waals surface area contributed by atoms with Crippen LogP contribution in [-0.4, -0.2) is 41.7 Å². The van der Waals surface area contributed by atoms with E-state index in [4.69, 9.17) is 0 Å². The molecule has 1 aromatic rings. The summed E-state index contributed by atoms with van der Waals surface area (Å²) < 4.78 is 0. The molecule has 15 heavy (non-hydrogen) atoms. The summed E-state index contributed by atoms with van der Waals surface area (Å²) in [5.41, 5.74) is 2.07. The molecule has 0 amide bonds. The van der Waals surface area contributed by atoms with Crippen molar-refractivity contribution in [3.05, 3.63) is 24.0 Å². The maximum atomic E-state index is 9.23. The van der Waals surface area contributed by atoms with Gasteiger partial charge >= 0.3 is 0 Å². The predicted molar refractivity (Wildman–Crippen MR) is 61.8 cm³/mol. The van der Waals surface area contributed by atoms with E-state index in [0.29, 0.717) is 6.54 Å². The molecule has 0 aliphatic rings. The highest BCUT2D eigenvalue weighted by Crippen LogP contribution is 2.08. The zero-order chi connectivity index (χ0) is 11.3. The average Bonchev–Trinajstić information content (AvgIpc) is 2.16.